The van der Waals surface area contributed by atoms with Crippen molar-refractivity contribution in [2.24, 2.45) is 5.92 Å². The fraction of sp³-hybridized carbons (Fsp3) is 0.500. The lowest BCUT2D eigenvalue weighted by Crippen LogP contribution is -2.17. The molecule has 1 rings (SSSR count). The number of halogens is 3. The minimum atomic E-state index is -4.71. The van der Waals surface area contributed by atoms with Gasteiger partial charge in [0.1, 0.15) is 5.75 Å². The molecule has 0 saturated heterocycles. The van der Waals surface area contributed by atoms with Crippen LogP contribution in [0.2, 0.25) is 0 Å². The first-order chi connectivity index (χ1) is 8.81. The minimum absolute atomic E-state index is 0.0560. The van der Waals surface area contributed by atoms with Crippen LogP contribution < -0.4 is 4.74 Å². The molecule has 0 heterocycles. The summed E-state index contributed by atoms with van der Waals surface area (Å²) >= 11 is 0. The Morgan fingerprint density at radius 3 is 2.32 bits per heavy atom. The maximum atomic E-state index is 12.0. The molecule has 0 aliphatic carbocycles. The smallest absolute Gasteiger partial charge is 0.406 e. The van der Waals surface area contributed by atoms with Crippen LogP contribution in [0.15, 0.2) is 24.3 Å². The van der Waals surface area contributed by atoms with E-state index in [1.807, 2.05) is 13.8 Å². The number of alkyl halides is 3. The van der Waals surface area contributed by atoms with Crippen molar-refractivity contribution < 1.29 is 22.7 Å². The van der Waals surface area contributed by atoms with E-state index in [2.05, 4.69) is 4.74 Å². The Bertz CT molecular complexity index is 410. The summed E-state index contributed by atoms with van der Waals surface area (Å²) in [5, 5.41) is 0. The molecule has 5 heteroatoms. The van der Waals surface area contributed by atoms with Crippen molar-refractivity contribution in [2.75, 3.05) is 0 Å². The third kappa shape index (κ3) is 5.77. The number of hydrogen-bond donors (Lipinski definition) is 0. The Kier molecular flexibility index (Phi) is 5.39. The van der Waals surface area contributed by atoms with Gasteiger partial charge >= 0.3 is 6.36 Å². The van der Waals surface area contributed by atoms with E-state index in [1.54, 1.807) is 0 Å². The number of rotatable bonds is 6. The molecule has 0 aromatic heterocycles. The first kappa shape index (κ1) is 15.5. The summed E-state index contributed by atoms with van der Waals surface area (Å²) < 4.78 is 39.6. The van der Waals surface area contributed by atoms with Crippen molar-refractivity contribution in [1.29, 1.82) is 0 Å². The lowest BCUT2D eigenvalue weighted by atomic mass is 9.96. The molecule has 0 aliphatic heterocycles. The molecule has 106 valence electrons. The Balaban J connectivity index is 2.63. The molecular weight excluding hydrogens is 257 g/mol. The van der Waals surface area contributed by atoms with Gasteiger partial charge in [0, 0.05) is 12.0 Å². The molecule has 0 bridgehead atoms. The van der Waals surface area contributed by atoms with E-state index in [-0.39, 0.29) is 17.5 Å². The highest BCUT2D eigenvalue weighted by Gasteiger charge is 2.31. The number of hydrogen-bond acceptors (Lipinski definition) is 2. The van der Waals surface area contributed by atoms with Crippen molar-refractivity contribution in [3.8, 4) is 5.75 Å². The summed E-state index contributed by atoms with van der Waals surface area (Å²) in [7, 11) is 0. The van der Waals surface area contributed by atoms with Crippen LogP contribution in [0, 0.1) is 5.92 Å². The zero-order chi connectivity index (χ0) is 14.5. The highest BCUT2D eigenvalue weighted by Crippen LogP contribution is 2.23. The van der Waals surface area contributed by atoms with Gasteiger partial charge in [-0.15, -0.1) is 13.2 Å². The summed E-state index contributed by atoms with van der Waals surface area (Å²) in [6, 6.07) is 5.04. The number of ether oxygens (including phenoxy) is 1. The molecule has 0 saturated carbocycles. The minimum Gasteiger partial charge on any atom is -0.406 e. The molecule has 2 nitrogen and oxygen atoms in total. The van der Waals surface area contributed by atoms with Crippen molar-refractivity contribution >= 4 is 5.78 Å². The van der Waals surface area contributed by atoms with Crippen LogP contribution in [-0.2, 0) is 0 Å². The largest absolute Gasteiger partial charge is 0.573 e. The SMILES string of the molecule is CCCC(C)CC(=O)c1ccc(OC(F)(F)F)cc1. The summed E-state index contributed by atoms with van der Waals surface area (Å²) in [4.78, 5) is 11.9. The normalized spacial score (nSPS) is 13.1. The van der Waals surface area contributed by atoms with Crippen molar-refractivity contribution in [3.63, 3.8) is 0 Å². The van der Waals surface area contributed by atoms with Crippen LogP contribution in [0.25, 0.3) is 0 Å². The zero-order valence-electron chi connectivity index (χ0n) is 11.0. The number of carbonyl (C=O) groups excluding carboxylic acids is 1. The van der Waals surface area contributed by atoms with Crippen molar-refractivity contribution in [3.05, 3.63) is 29.8 Å². The van der Waals surface area contributed by atoms with E-state index in [1.165, 1.54) is 12.1 Å². The number of ketones is 1. The third-order valence-electron chi connectivity index (χ3n) is 2.73. The number of carbonyl (C=O) groups is 1. The molecular formula is C14H17F3O2. The van der Waals surface area contributed by atoms with Crippen LogP contribution in [0.5, 0.6) is 5.75 Å². The topological polar surface area (TPSA) is 26.3 Å². The van der Waals surface area contributed by atoms with Crippen LogP contribution in [-0.4, -0.2) is 12.1 Å². The molecule has 19 heavy (non-hydrogen) atoms. The molecule has 0 amide bonds. The molecule has 0 fully saturated rings. The van der Waals surface area contributed by atoms with Gasteiger partial charge in [-0.2, -0.15) is 0 Å². The van der Waals surface area contributed by atoms with E-state index in [0.717, 1.165) is 25.0 Å². The first-order valence-corrected chi connectivity index (χ1v) is 6.21. The quantitative estimate of drug-likeness (QED) is 0.709. The lowest BCUT2D eigenvalue weighted by molar-refractivity contribution is -0.274. The predicted molar refractivity (Wildman–Crippen MR) is 66.1 cm³/mol. The van der Waals surface area contributed by atoms with Crippen LogP contribution in [0.3, 0.4) is 0 Å². The van der Waals surface area contributed by atoms with E-state index in [0.29, 0.717) is 12.0 Å². The highest BCUT2D eigenvalue weighted by atomic mass is 19.4. The molecule has 1 aromatic rings. The zero-order valence-corrected chi connectivity index (χ0v) is 11.0. The van der Waals surface area contributed by atoms with E-state index >= 15 is 0 Å². The molecule has 0 aliphatic rings. The standard InChI is InChI=1S/C14H17F3O2/c1-3-4-10(2)9-13(18)11-5-7-12(8-6-11)19-14(15,16)17/h5-8,10H,3-4,9H2,1-2H3. The molecule has 0 radical (unpaired) electrons. The Morgan fingerprint density at radius 1 is 1.26 bits per heavy atom. The second-order valence-corrected chi connectivity index (χ2v) is 4.59. The van der Waals surface area contributed by atoms with Gasteiger partial charge in [0.25, 0.3) is 0 Å². The highest BCUT2D eigenvalue weighted by molar-refractivity contribution is 5.96. The van der Waals surface area contributed by atoms with Gasteiger partial charge in [0.15, 0.2) is 5.78 Å². The third-order valence-corrected chi connectivity index (χ3v) is 2.73. The Labute approximate surface area is 110 Å². The van der Waals surface area contributed by atoms with Crippen LogP contribution >= 0.6 is 0 Å². The molecule has 1 aromatic carbocycles. The lowest BCUT2D eigenvalue weighted by Gasteiger charge is -2.10. The summed E-state index contributed by atoms with van der Waals surface area (Å²) in [5.41, 5.74) is 0.414. The Hall–Kier alpha value is -1.52. The van der Waals surface area contributed by atoms with Crippen molar-refractivity contribution in [1.82, 2.24) is 0 Å². The van der Waals surface area contributed by atoms with Gasteiger partial charge in [-0.05, 0) is 30.2 Å². The second kappa shape index (κ2) is 6.59. The first-order valence-electron chi connectivity index (χ1n) is 6.21. The van der Waals surface area contributed by atoms with E-state index in [4.69, 9.17) is 0 Å². The van der Waals surface area contributed by atoms with Gasteiger partial charge in [-0.3, -0.25) is 4.79 Å². The molecule has 1 unspecified atom stereocenters. The number of benzene rings is 1. The number of Topliss-reactive ketones (excluding diaryl/α,β-unsaturated/α-hetero) is 1. The average Bonchev–Trinajstić information content (AvgIpc) is 2.27. The van der Waals surface area contributed by atoms with Crippen LogP contribution in [0.4, 0.5) is 13.2 Å². The molecule has 0 N–H and O–H groups in total. The van der Waals surface area contributed by atoms with Gasteiger partial charge in [0.05, 0.1) is 0 Å². The van der Waals surface area contributed by atoms with E-state index < -0.39 is 6.36 Å². The summed E-state index contributed by atoms with van der Waals surface area (Å²) in [6.07, 6.45) is -2.33. The van der Waals surface area contributed by atoms with Gasteiger partial charge < -0.3 is 4.74 Å². The van der Waals surface area contributed by atoms with Crippen molar-refractivity contribution in [2.45, 2.75) is 39.5 Å². The van der Waals surface area contributed by atoms with E-state index in [9.17, 15) is 18.0 Å². The summed E-state index contributed by atoms with van der Waals surface area (Å²) in [5.74, 6) is -0.0891. The summed E-state index contributed by atoms with van der Waals surface area (Å²) in [6.45, 7) is 4.03. The van der Waals surface area contributed by atoms with Gasteiger partial charge in [-0.25, -0.2) is 0 Å². The Morgan fingerprint density at radius 2 is 1.84 bits per heavy atom. The molecule has 1 atom stereocenters. The van der Waals surface area contributed by atoms with Crippen LogP contribution in [0.1, 0.15) is 43.5 Å². The average molecular weight is 274 g/mol. The second-order valence-electron chi connectivity index (χ2n) is 4.59. The van der Waals surface area contributed by atoms with Gasteiger partial charge in [-0.1, -0.05) is 26.7 Å². The fourth-order valence-electron chi connectivity index (χ4n) is 1.87. The predicted octanol–water partition coefficient (Wildman–Crippen LogP) is 4.59. The maximum absolute atomic E-state index is 12.0. The maximum Gasteiger partial charge on any atom is 0.573 e. The molecule has 0 spiro atoms. The fourth-order valence-corrected chi connectivity index (χ4v) is 1.87. The monoisotopic (exact) mass is 274 g/mol. The van der Waals surface area contributed by atoms with Gasteiger partial charge in [0.2, 0.25) is 0 Å².